The molecule has 0 saturated heterocycles. The van der Waals surface area contributed by atoms with Gasteiger partial charge in [0.25, 0.3) is 5.91 Å². The van der Waals surface area contributed by atoms with Crippen LogP contribution in [0.15, 0.2) is 48.5 Å². The van der Waals surface area contributed by atoms with Gasteiger partial charge in [0.05, 0.1) is 7.11 Å². The highest BCUT2D eigenvalue weighted by atomic mass is 16.5. The van der Waals surface area contributed by atoms with Gasteiger partial charge in [0.1, 0.15) is 11.5 Å². The summed E-state index contributed by atoms with van der Waals surface area (Å²) in [5.74, 6) is 0.701. The third-order valence-corrected chi connectivity index (χ3v) is 2.72. The minimum Gasteiger partial charge on any atom is -0.508 e. The van der Waals surface area contributed by atoms with Crippen molar-refractivity contribution in [3.63, 3.8) is 0 Å². The average Bonchev–Trinajstić information content (AvgIpc) is 2.46. The van der Waals surface area contributed by atoms with Crippen LogP contribution in [0.5, 0.6) is 11.5 Å². The fourth-order valence-electron chi connectivity index (χ4n) is 1.66. The number of hydrogen-bond acceptors (Lipinski definition) is 3. The molecule has 0 radical (unpaired) electrons. The molecule has 1 amide bonds. The second-order valence-electron chi connectivity index (χ2n) is 4.08. The minimum absolute atomic E-state index is 0.160. The van der Waals surface area contributed by atoms with E-state index in [0.717, 1.165) is 5.56 Å². The van der Waals surface area contributed by atoms with E-state index in [0.29, 0.717) is 17.9 Å². The summed E-state index contributed by atoms with van der Waals surface area (Å²) >= 11 is 0. The molecule has 2 N–H and O–H groups in total. The highest BCUT2D eigenvalue weighted by Gasteiger charge is 2.06. The van der Waals surface area contributed by atoms with Crippen molar-refractivity contribution in [1.82, 2.24) is 5.32 Å². The number of rotatable bonds is 4. The molecule has 19 heavy (non-hydrogen) atoms. The number of carbonyl (C=O) groups is 1. The van der Waals surface area contributed by atoms with Crippen LogP contribution < -0.4 is 10.1 Å². The molecule has 0 aliphatic carbocycles. The molecule has 0 unspecified atom stereocenters. The highest BCUT2D eigenvalue weighted by Crippen LogP contribution is 2.13. The lowest BCUT2D eigenvalue weighted by Crippen LogP contribution is -2.22. The Labute approximate surface area is 111 Å². The number of aromatic hydroxyl groups is 1. The van der Waals surface area contributed by atoms with E-state index >= 15 is 0 Å². The molecule has 0 fully saturated rings. The van der Waals surface area contributed by atoms with E-state index in [1.54, 1.807) is 55.6 Å². The number of benzene rings is 2. The first-order valence-corrected chi connectivity index (χ1v) is 5.89. The van der Waals surface area contributed by atoms with E-state index in [1.807, 2.05) is 0 Å². The number of ether oxygens (including phenoxy) is 1. The molecular weight excluding hydrogens is 242 g/mol. The highest BCUT2D eigenvalue weighted by molar-refractivity contribution is 5.94. The fourth-order valence-corrected chi connectivity index (χ4v) is 1.66. The molecule has 0 aliphatic rings. The number of hydrogen-bond donors (Lipinski definition) is 2. The van der Waals surface area contributed by atoms with Crippen molar-refractivity contribution in [1.29, 1.82) is 0 Å². The number of phenolic OH excluding ortho intramolecular Hbond substituents is 1. The maximum Gasteiger partial charge on any atom is 0.251 e. The Morgan fingerprint density at radius 1 is 1.21 bits per heavy atom. The van der Waals surface area contributed by atoms with Crippen LogP contribution in [0.25, 0.3) is 0 Å². The third-order valence-electron chi connectivity index (χ3n) is 2.72. The topological polar surface area (TPSA) is 58.6 Å². The second kappa shape index (κ2) is 5.91. The fraction of sp³-hybridized carbons (Fsp3) is 0.133. The van der Waals surface area contributed by atoms with Crippen molar-refractivity contribution < 1.29 is 14.6 Å². The summed E-state index contributed by atoms with van der Waals surface area (Å²) in [4.78, 5) is 11.9. The zero-order chi connectivity index (χ0) is 13.7. The Morgan fingerprint density at radius 3 is 2.63 bits per heavy atom. The van der Waals surface area contributed by atoms with Gasteiger partial charge in [0, 0.05) is 12.1 Å². The first-order valence-electron chi connectivity index (χ1n) is 5.89. The van der Waals surface area contributed by atoms with Gasteiger partial charge in [0.15, 0.2) is 0 Å². The van der Waals surface area contributed by atoms with E-state index in [1.165, 1.54) is 0 Å². The van der Waals surface area contributed by atoms with Gasteiger partial charge in [-0.15, -0.1) is 0 Å². The third kappa shape index (κ3) is 3.48. The molecule has 2 rings (SSSR count). The summed E-state index contributed by atoms with van der Waals surface area (Å²) in [6.07, 6.45) is 0. The molecule has 0 aromatic heterocycles. The van der Waals surface area contributed by atoms with Gasteiger partial charge in [-0.1, -0.05) is 18.2 Å². The molecule has 0 spiro atoms. The van der Waals surface area contributed by atoms with Crippen molar-refractivity contribution in [2.24, 2.45) is 0 Å². The summed E-state index contributed by atoms with van der Waals surface area (Å²) < 4.78 is 5.07. The number of amides is 1. The Morgan fingerprint density at radius 2 is 1.95 bits per heavy atom. The Hall–Kier alpha value is -2.49. The molecular formula is C15H15NO3. The van der Waals surface area contributed by atoms with E-state index in [2.05, 4.69) is 5.32 Å². The van der Waals surface area contributed by atoms with E-state index in [9.17, 15) is 4.79 Å². The molecule has 2 aromatic carbocycles. The maximum absolute atomic E-state index is 11.9. The summed E-state index contributed by atoms with van der Waals surface area (Å²) in [6.45, 7) is 0.413. The molecule has 4 heteroatoms. The Bertz CT molecular complexity index is 564. The van der Waals surface area contributed by atoms with Gasteiger partial charge in [-0.05, 0) is 35.9 Å². The maximum atomic E-state index is 11.9. The first-order chi connectivity index (χ1) is 9.19. The van der Waals surface area contributed by atoms with E-state index in [-0.39, 0.29) is 11.7 Å². The molecule has 0 bridgehead atoms. The predicted octanol–water partition coefficient (Wildman–Crippen LogP) is 2.33. The van der Waals surface area contributed by atoms with Gasteiger partial charge >= 0.3 is 0 Å². The van der Waals surface area contributed by atoms with Crippen LogP contribution in [0.2, 0.25) is 0 Å². The molecule has 98 valence electrons. The second-order valence-corrected chi connectivity index (χ2v) is 4.08. The normalized spacial score (nSPS) is 9.95. The van der Waals surface area contributed by atoms with Crippen molar-refractivity contribution >= 4 is 5.91 Å². The van der Waals surface area contributed by atoms with E-state index in [4.69, 9.17) is 9.84 Å². The van der Waals surface area contributed by atoms with E-state index < -0.39 is 0 Å². The molecule has 0 atom stereocenters. The van der Waals surface area contributed by atoms with Crippen LogP contribution >= 0.6 is 0 Å². The largest absolute Gasteiger partial charge is 0.508 e. The predicted molar refractivity (Wildman–Crippen MR) is 72.3 cm³/mol. The lowest BCUT2D eigenvalue weighted by molar-refractivity contribution is 0.0950. The molecule has 2 aromatic rings. The van der Waals surface area contributed by atoms with Crippen LogP contribution in [-0.2, 0) is 6.54 Å². The van der Waals surface area contributed by atoms with Crippen molar-refractivity contribution in [2.75, 3.05) is 7.11 Å². The summed E-state index contributed by atoms with van der Waals surface area (Å²) in [5.41, 5.74) is 1.48. The van der Waals surface area contributed by atoms with Crippen LogP contribution in [-0.4, -0.2) is 18.1 Å². The van der Waals surface area contributed by atoms with Crippen LogP contribution in [0.3, 0.4) is 0 Å². The summed E-state index contributed by atoms with van der Waals surface area (Å²) in [7, 11) is 1.56. The average molecular weight is 257 g/mol. The van der Waals surface area contributed by atoms with Crippen LogP contribution in [0.4, 0.5) is 0 Å². The monoisotopic (exact) mass is 257 g/mol. The molecule has 0 heterocycles. The van der Waals surface area contributed by atoms with Crippen molar-refractivity contribution in [3.8, 4) is 11.5 Å². The zero-order valence-electron chi connectivity index (χ0n) is 10.6. The summed E-state index contributed by atoms with van der Waals surface area (Å²) in [6, 6.07) is 13.7. The van der Waals surface area contributed by atoms with Crippen molar-refractivity contribution in [2.45, 2.75) is 6.54 Å². The van der Waals surface area contributed by atoms with Crippen molar-refractivity contribution in [3.05, 3.63) is 59.7 Å². The molecule has 4 nitrogen and oxygen atoms in total. The SMILES string of the molecule is COc1cccc(C(=O)NCc2ccc(O)cc2)c1. The number of methoxy groups -OCH3 is 1. The first kappa shape index (κ1) is 13.0. The standard InChI is InChI=1S/C15H15NO3/c1-19-14-4-2-3-12(9-14)15(18)16-10-11-5-7-13(17)8-6-11/h2-9,17H,10H2,1H3,(H,16,18). The number of phenols is 1. The van der Waals surface area contributed by atoms with Gasteiger partial charge in [-0.25, -0.2) is 0 Å². The van der Waals surface area contributed by atoms with Gasteiger partial charge in [0.2, 0.25) is 0 Å². The lowest BCUT2D eigenvalue weighted by Gasteiger charge is -2.07. The van der Waals surface area contributed by atoms with Gasteiger partial charge < -0.3 is 15.2 Å². The quantitative estimate of drug-likeness (QED) is 0.883. The molecule has 0 saturated carbocycles. The minimum atomic E-state index is -0.160. The zero-order valence-corrected chi connectivity index (χ0v) is 10.6. The van der Waals surface area contributed by atoms with Crippen LogP contribution in [0.1, 0.15) is 15.9 Å². The summed E-state index contributed by atoms with van der Waals surface area (Å²) in [5, 5.41) is 12.0. The van der Waals surface area contributed by atoms with Gasteiger partial charge in [-0.2, -0.15) is 0 Å². The number of nitrogens with one attached hydrogen (secondary N) is 1. The molecule has 0 aliphatic heterocycles. The number of carbonyl (C=O) groups excluding carboxylic acids is 1. The Kier molecular flexibility index (Phi) is 4.03. The lowest BCUT2D eigenvalue weighted by atomic mass is 10.2. The van der Waals surface area contributed by atoms with Crippen LogP contribution in [0, 0.1) is 0 Å². The smallest absolute Gasteiger partial charge is 0.251 e. The van der Waals surface area contributed by atoms with Gasteiger partial charge in [-0.3, -0.25) is 4.79 Å². The Balaban J connectivity index is 1.99.